The number of anilines is 1. The van der Waals surface area contributed by atoms with Crippen molar-refractivity contribution < 1.29 is 28.6 Å². The van der Waals surface area contributed by atoms with Gasteiger partial charge < -0.3 is 14.6 Å². The Hall–Kier alpha value is -4.13. The highest BCUT2D eigenvalue weighted by Gasteiger charge is 2.47. The van der Waals surface area contributed by atoms with E-state index in [2.05, 4.69) is 0 Å². The fraction of sp³-hybridized carbons (Fsp3) is 0.185. The van der Waals surface area contributed by atoms with E-state index < -0.39 is 29.3 Å². The molecule has 1 amide bonds. The Balaban J connectivity index is 1.97. The molecule has 7 heteroatoms. The van der Waals surface area contributed by atoms with Gasteiger partial charge >= 0.3 is 0 Å². The molecule has 1 aliphatic heterocycles. The summed E-state index contributed by atoms with van der Waals surface area (Å²) in [6.07, 6.45) is 0. The van der Waals surface area contributed by atoms with Crippen molar-refractivity contribution in [2.45, 2.75) is 19.9 Å². The molecule has 1 atom stereocenters. The van der Waals surface area contributed by atoms with Gasteiger partial charge in [0.05, 0.1) is 25.8 Å². The van der Waals surface area contributed by atoms with Gasteiger partial charge in [-0.3, -0.25) is 14.5 Å². The predicted octanol–water partition coefficient (Wildman–Crippen LogP) is 5.09. The number of carbonyl (C=O) groups is 2. The summed E-state index contributed by atoms with van der Waals surface area (Å²) in [6, 6.07) is 14.7. The second-order valence-corrected chi connectivity index (χ2v) is 8.03. The van der Waals surface area contributed by atoms with E-state index in [0.717, 1.165) is 11.1 Å². The Labute approximate surface area is 196 Å². The standard InChI is InChI=1S/C27H24FNO5/c1-15-9-11-18(13-16(15)2)29-24(19-7-5-6-8-20(19)28)23(26(31)27(29)32)25(30)17-10-12-21(33-3)22(14-17)34-4/h5-14,24,30H,1-4H3/b25-23+. The van der Waals surface area contributed by atoms with Gasteiger partial charge in [0.15, 0.2) is 11.5 Å². The first-order valence-corrected chi connectivity index (χ1v) is 10.6. The van der Waals surface area contributed by atoms with E-state index in [1.54, 1.807) is 30.3 Å². The topological polar surface area (TPSA) is 76.1 Å². The molecule has 1 heterocycles. The van der Waals surface area contributed by atoms with Crippen molar-refractivity contribution in [2.24, 2.45) is 0 Å². The van der Waals surface area contributed by atoms with Crippen LogP contribution in [0.5, 0.6) is 11.5 Å². The maximum atomic E-state index is 15.0. The van der Waals surface area contributed by atoms with Crippen LogP contribution in [0.2, 0.25) is 0 Å². The van der Waals surface area contributed by atoms with Crippen LogP contribution in [0.1, 0.15) is 28.3 Å². The number of hydrogen-bond donors (Lipinski definition) is 1. The molecule has 1 aliphatic rings. The molecule has 1 unspecified atom stereocenters. The van der Waals surface area contributed by atoms with E-state index in [1.165, 1.54) is 43.4 Å². The minimum absolute atomic E-state index is 0.0990. The van der Waals surface area contributed by atoms with Gasteiger partial charge in [-0.2, -0.15) is 0 Å². The largest absolute Gasteiger partial charge is 0.507 e. The van der Waals surface area contributed by atoms with Gasteiger partial charge in [0.1, 0.15) is 11.6 Å². The number of nitrogens with zero attached hydrogens (tertiary/aromatic N) is 1. The number of hydrogen-bond acceptors (Lipinski definition) is 5. The lowest BCUT2D eigenvalue weighted by Crippen LogP contribution is -2.30. The minimum atomic E-state index is -1.16. The summed E-state index contributed by atoms with van der Waals surface area (Å²) >= 11 is 0. The van der Waals surface area contributed by atoms with Crippen LogP contribution in [0.4, 0.5) is 10.1 Å². The third kappa shape index (κ3) is 3.79. The zero-order valence-corrected chi connectivity index (χ0v) is 19.3. The quantitative estimate of drug-likeness (QED) is 0.326. The lowest BCUT2D eigenvalue weighted by Gasteiger charge is -2.26. The zero-order chi connectivity index (χ0) is 24.6. The summed E-state index contributed by atoms with van der Waals surface area (Å²) in [5.74, 6) is -2.02. The lowest BCUT2D eigenvalue weighted by atomic mass is 9.94. The fourth-order valence-corrected chi connectivity index (χ4v) is 4.10. The number of aliphatic hydroxyl groups is 1. The van der Waals surface area contributed by atoms with Crippen molar-refractivity contribution in [3.63, 3.8) is 0 Å². The van der Waals surface area contributed by atoms with E-state index in [-0.39, 0.29) is 16.7 Å². The summed E-state index contributed by atoms with van der Waals surface area (Å²) in [4.78, 5) is 27.7. The molecule has 3 aromatic rings. The first-order valence-electron chi connectivity index (χ1n) is 10.6. The molecule has 0 bridgehead atoms. The van der Waals surface area contributed by atoms with Crippen molar-refractivity contribution in [2.75, 3.05) is 19.1 Å². The van der Waals surface area contributed by atoms with E-state index >= 15 is 0 Å². The van der Waals surface area contributed by atoms with Crippen LogP contribution in [0.25, 0.3) is 5.76 Å². The second kappa shape index (κ2) is 9.02. The van der Waals surface area contributed by atoms with Crippen LogP contribution in [-0.2, 0) is 9.59 Å². The highest BCUT2D eigenvalue weighted by atomic mass is 19.1. The first-order chi connectivity index (χ1) is 16.3. The molecule has 174 valence electrons. The van der Waals surface area contributed by atoms with E-state index in [9.17, 15) is 19.1 Å². The SMILES string of the molecule is COc1ccc(/C(O)=C2\C(=O)C(=O)N(c3ccc(C)c(C)c3)C2c2ccccc2F)cc1OC. The molecule has 34 heavy (non-hydrogen) atoms. The third-order valence-electron chi connectivity index (χ3n) is 6.07. The number of aryl methyl sites for hydroxylation is 2. The molecule has 0 radical (unpaired) electrons. The van der Waals surface area contributed by atoms with Crippen LogP contribution in [0.15, 0.2) is 66.2 Å². The van der Waals surface area contributed by atoms with Crippen LogP contribution in [0, 0.1) is 19.7 Å². The van der Waals surface area contributed by atoms with Gasteiger partial charge in [-0.15, -0.1) is 0 Å². The smallest absolute Gasteiger partial charge is 0.300 e. The number of carbonyl (C=O) groups excluding carboxylic acids is 2. The molecular weight excluding hydrogens is 437 g/mol. The maximum absolute atomic E-state index is 15.0. The number of halogens is 1. The normalized spacial score (nSPS) is 17.2. The van der Waals surface area contributed by atoms with Gasteiger partial charge in [-0.1, -0.05) is 24.3 Å². The molecule has 4 rings (SSSR count). The molecule has 0 aliphatic carbocycles. The van der Waals surface area contributed by atoms with E-state index in [4.69, 9.17) is 9.47 Å². The Morgan fingerprint density at radius 3 is 2.26 bits per heavy atom. The monoisotopic (exact) mass is 461 g/mol. The highest BCUT2D eigenvalue weighted by Crippen LogP contribution is 2.43. The van der Waals surface area contributed by atoms with Gasteiger partial charge in [-0.25, -0.2) is 4.39 Å². The van der Waals surface area contributed by atoms with E-state index in [0.29, 0.717) is 17.2 Å². The van der Waals surface area contributed by atoms with Gasteiger partial charge in [0.25, 0.3) is 11.7 Å². The van der Waals surface area contributed by atoms with Crippen LogP contribution in [0.3, 0.4) is 0 Å². The van der Waals surface area contributed by atoms with E-state index in [1.807, 2.05) is 19.9 Å². The molecule has 1 fully saturated rings. The van der Waals surface area contributed by atoms with Crippen molar-refractivity contribution >= 4 is 23.1 Å². The first kappa shape index (κ1) is 23.0. The molecule has 0 aromatic heterocycles. The molecule has 1 saturated heterocycles. The molecule has 0 spiro atoms. The summed E-state index contributed by atoms with van der Waals surface area (Å²) < 4.78 is 25.5. The number of Topliss-reactive ketones (excluding diaryl/α,β-unsaturated/α-hetero) is 1. The number of methoxy groups -OCH3 is 2. The minimum Gasteiger partial charge on any atom is -0.507 e. The number of amides is 1. The lowest BCUT2D eigenvalue weighted by molar-refractivity contribution is -0.132. The number of ketones is 1. The van der Waals surface area contributed by atoms with Gasteiger partial charge in [-0.05, 0) is 61.4 Å². The molecule has 3 aromatic carbocycles. The maximum Gasteiger partial charge on any atom is 0.300 e. The van der Waals surface area contributed by atoms with Gasteiger partial charge in [0, 0.05) is 16.8 Å². The molecule has 1 N–H and O–H groups in total. The number of aliphatic hydroxyl groups excluding tert-OH is 1. The third-order valence-corrected chi connectivity index (χ3v) is 6.07. The Morgan fingerprint density at radius 1 is 0.912 bits per heavy atom. The Bertz CT molecular complexity index is 1330. The Morgan fingerprint density at radius 2 is 1.62 bits per heavy atom. The highest BCUT2D eigenvalue weighted by molar-refractivity contribution is 6.51. The van der Waals surface area contributed by atoms with Gasteiger partial charge in [0.2, 0.25) is 0 Å². The number of rotatable bonds is 5. The summed E-state index contributed by atoms with van der Waals surface area (Å²) in [6.45, 7) is 3.82. The Kier molecular flexibility index (Phi) is 6.11. The summed E-state index contributed by atoms with van der Waals surface area (Å²) in [5, 5.41) is 11.2. The molecular formula is C27H24FNO5. The van der Waals surface area contributed by atoms with Crippen molar-refractivity contribution in [1.82, 2.24) is 0 Å². The fourth-order valence-electron chi connectivity index (χ4n) is 4.10. The zero-order valence-electron chi connectivity index (χ0n) is 19.3. The average Bonchev–Trinajstić information content (AvgIpc) is 3.10. The molecule has 6 nitrogen and oxygen atoms in total. The van der Waals surface area contributed by atoms with Crippen molar-refractivity contribution in [3.05, 3.63) is 94.3 Å². The molecule has 0 saturated carbocycles. The van der Waals surface area contributed by atoms with Crippen LogP contribution < -0.4 is 14.4 Å². The number of ether oxygens (including phenoxy) is 2. The summed E-state index contributed by atoms with van der Waals surface area (Å²) in [7, 11) is 2.92. The van der Waals surface area contributed by atoms with Crippen molar-refractivity contribution in [3.8, 4) is 11.5 Å². The predicted molar refractivity (Wildman–Crippen MR) is 127 cm³/mol. The van der Waals surface area contributed by atoms with Crippen molar-refractivity contribution in [1.29, 1.82) is 0 Å². The summed E-state index contributed by atoms with van der Waals surface area (Å²) in [5.41, 5.74) is 2.48. The average molecular weight is 461 g/mol. The van der Waals surface area contributed by atoms with Crippen LogP contribution >= 0.6 is 0 Å². The number of benzene rings is 3. The second-order valence-electron chi connectivity index (χ2n) is 8.03. The van der Waals surface area contributed by atoms with Crippen LogP contribution in [-0.4, -0.2) is 31.0 Å².